The highest BCUT2D eigenvalue weighted by Gasteiger charge is 2.16. The van der Waals surface area contributed by atoms with E-state index < -0.39 is 12.1 Å². The van der Waals surface area contributed by atoms with E-state index in [1.165, 1.54) is 13.4 Å². The van der Waals surface area contributed by atoms with E-state index in [4.69, 9.17) is 0 Å². The van der Waals surface area contributed by atoms with Crippen LogP contribution in [0.15, 0.2) is 12.5 Å². The first-order chi connectivity index (χ1) is 6.65. The Labute approximate surface area is 81.8 Å². The molecule has 0 aliphatic heterocycles. The Morgan fingerprint density at radius 2 is 2.43 bits per heavy atom. The number of aliphatic hydroxyl groups excluding tert-OH is 1. The fourth-order valence-electron chi connectivity index (χ4n) is 1.05. The number of aryl methyl sites for hydroxylation is 1. The highest BCUT2D eigenvalue weighted by atomic mass is 16.5. The van der Waals surface area contributed by atoms with Crippen LogP contribution in [0.3, 0.4) is 0 Å². The van der Waals surface area contributed by atoms with Gasteiger partial charge in [-0.05, 0) is 12.5 Å². The van der Waals surface area contributed by atoms with Gasteiger partial charge in [0.25, 0.3) is 0 Å². The molecule has 5 nitrogen and oxygen atoms in total. The average Bonchev–Trinajstić information content (AvgIpc) is 2.20. The molecular formula is C9H12N2O3. The minimum atomic E-state index is -1.15. The fourth-order valence-corrected chi connectivity index (χ4v) is 1.05. The number of nitrogens with zero attached hydrogens (tertiary/aromatic N) is 2. The smallest absolute Gasteiger partial charge is 0.335 e. The number of ether oxygens (including phenoxy) is 1. The van der Waals surface area contributed by atoms with Gasteiger partial charge >= 0.3 is 5.97 Å². The Balaban J connectivity index is 2.69. The van der Waals surface area contributed by atoms with Gasteiger partial charge in [0.2, 0.25) is 0 Å². The number of carbonyl (C=O) groups excluding carboxylic acids is 1. The molecule has 0 saturated carbocycles. The van der Waals surface area contributed by atoms with E-state index in [1.807, 2.05) is 0 Å². The Bertz CT molecular complexity index is 328. The lowest BCUT2D eigenvalue weighted by Gasteiger charge is -2.08. The summed E-state index contributed by atoms with van der Waals surface area (Å²) >= 11 is 0. The van der Waals surface area contributed by atoms with Crippen molar-refractivity contribution in [2.75, 3.05) is 7.11 Å². The molecule has 0 amide bonds. The van der Waals surface area contributed by atoms with Crippen molar-refractivity contribution < 1.29 is 14.6 Å². The van der Waals surface area contributed by atoms with Crippen molar-refractivity contribution in [3.05, 3.63) is 23.8 Å². The molecule has 14 heavy (non-hydrogen) atoms. The van der Waals surface area contributed by atoms with E-state index >= 15 is 0 Å². The van der Waals surface area contributed by atoms with Crippen molar-refractivity contribution in [2.45, 2.75) is 19.4 Å². The van der Waals surface area contributed by atoms with Crippen LogP contribution in [0, 0.1) is 6.92 Å². The van der Waals surface area contributed by atoms with E-state index in [9.17, 15) is 9.90 Å². The second kappa shape index (κ2) is 4.66. The summed E-state index contributed by atoms with van der Waals surface area (Å²) in [6.45, 7) is 1.79. The van der Waals surface area contributed by atoms with Gasteiger partial charge in [-0.2, -0.15) is 0 Å². The summed E-state index contributed by atoms with van der Waals surface area (Å²) in [6.07, 6.45) is 2.03. The van der Waals surface area contributed by atoms with Crippen LogP contribution in [-0.2, 0) is 16.0 Å². The zero-order chi connectivity index (χ0) is 10.6. The minimum absolute atomic E-state index is 0.180. The largest absolute Gasteiger partial charge is 0.467 e. The first-order valence-electron chi connectivity index (χ1n) is 4.16. The number of methoxy groups -OCH3 is 1. The van der Waals surface area contributed by atoms with Crippen LogP contribution in [-0.4, -0.2) is 34.3 Å². The fraction of sp³-hybridized carbons (Fsp3) is 0.444. The van der Waals surface area contributed by atoms with Crippen LogP contribution < -0.4 is 0 Å². The lowest BCUT2D eigenvalue weighted by molar-refractivity contribution is -0.150. The summed E-state index contributed by atoms with van der Waals surface area (Å²) in [5, 5.41) is 9.37. The third-order valence-electron chi connectivity index (χ3n) is 1.90. The molecule has 0 radical (unpaired) electrons. The molecule has 0 saturated heterocycles. The van der Waals surface area contributed by atoms with E-state index in [0.717, 1.165) is 11.3 Å². The van der Waals surface area contributed by atoms with Crippen molar-refractivity contribution in [1.29, 1.82) is 0 Å². The van der Waals surface area contributed by atoms with E-state index in [0.29, 0.717) is 0 Å². The first kappa shape index (κ1) is 10.6. The summed E-state index contributed by atoms with van der Waals surface area (Å²) in [4.78, 5) is 18.7. The summed E-state index contributed by atoms with van der Waals surface area (Å²) in [7, 11) is 1.24. The molecular weight excluding hydrogens is 184 g/mol. The summed E-state index contributed by atoms with van der Waals surface area (Å²) in [5.74, 6) is -0.645. The number of rotatable bonds is 3. The zero-order valence-corrected chi connectivity index (χ0v) is 8.10. The van der Waals surface area contributed by atoms with E-state index in [1.54, 1.807) is 13.1 Å². The normalized spacial score (nSPS) is 12.2. The number of hydrogen-bond donors (Lipinski definition) is 1. The SMILES string of the molecule is COC(=O)C(O)Cc1cncnc1C. The van der Waals surface area contributed by atoms with Crippen LogP contribution in [0.4, 0.5) is 0 Å². The van der Waals surface area contributed by atoms with Crippen LogP contribution in [0.2, 0.25) is 0 Å². The maximum atomic E-state index is 10.9. The average molecular weight is 196 g/mol. The predicted octanol–water partition coefficient (Wildman–Crippen LogP) is -0.139. The Hall–Kier alpha value is -1.49. The molecule has 1 N–H and O–H groups in total. The quantitative estimate of drug-likeness (QED) is 0.681. The monoisotopic (exact) mass is 196 g/mol. The molecule has 0 aromatic carbocycles. The maximum Gasteiger partial charge on any atom is 0.335 e. The Morgan fingerprint density at radius 1 is 1.71 bits per heavy atom. The maximum absolute atomic E-state index is 10.9. The highest BCUT2D eigenvalue weighted by molar-refractivity contribution is 5.74. The van der Waals surface area contributed by atoms with Crippen LogP contribution >= 0.6 is 0 Å². The van der Waals surface area contributed by atoms with Gasteiger partial charge in [-0.1, -0.05) is 0 Å². The number of aliphatic hydroxyl groups is 1. The molecule has 1 rings (SSSR count). The van der Waals surface area contributed by atoms with Crippen molar-refractivity contribution in [1.82, 2.24) is 9.97 Å². The van der Waals surface area contributed by atoms with Gasteiger partial charge in [-0.25, -0.2) is 14.8 Å². The van der Waals surface area contributed by atoms with Gasteiger partial charge < -0.3 is 9.84 Å². The third kappa shape index (κ3) is 2.50. The molecule has 0 spiro atoms. The second-order valence-electron chi connectivity index (χ2n) is 2.88. The molecule has 0 aliphatic rings. The van der Waals surface area contributed by atoms with Gasteiger partial charge in [-0.3, -0.25) is 0 Å². The standard InChI is InChI=1S/C9H12N2O3/c1-6-7(4-10-5-11-6)3-8(12)9(13)14-2/h4-5,8,12H,3H2,1-2H3. The van der Waals surface area contributed by atoms with Crippen molar-refractivity contribution in [3.63, 3.8) is 0 Å². The van der Waals surface area contributed by atoms with Crippen LogP contribution in [0.5, 0.6) is 0 Å². The molecule has 1 atom stereocenters. The lowest BCUT2D eigenvalue weighted by Crippen LogP contribution is -2.24. The van der Waals surface area contributed by atoms with Gasteiger partial charge in [0.05, 0.1) is 7.11 Å². The zero-order valence-electron chi connectivity index (χ0n) is 8.10. The number of carbonyl (C=O) groups is 1. The number of hydrogen-bond acceptors (Lipinski definition) is 5. The minimum Gasteiger partial charge on any atom is -0.467 e. The first-order valence-corrected chi connectivity index (χ1v) is 4.16. The third-order valence-corrected chi connectivity index (χ3v) is 1.90. The topological polar surface area (TPSA) is 72.3 Å². The molecule has 1 aromatic heterocycles. The Kier molecular flexibility index (Phi) is 3.53. The molecule has 0 fully saturated rings. The highest BCUT2D eigenvalue weighted by Crippen LogP contribution is 2.06. The van der Waals surface area contributed by atoms with Gasteiger partial charge in [0, 0.05) is 18.3 Å². The molecule has 1 heterocycles. The Morgan fingerprint density at radius 3 is 3.00 bits per heavy atom. The molecule has 76 valence electrons. The summed E-state index contributed by atoms with van der Waals surface area (Å²) in [6, 6.07) is 0. The van der Waals surface area contributed by atoms with Crippen molar-refractivity contribution >= 4 is 5.97 Å². The molecule has 0 bridgehead atoms. The lowest BCUT2D eigenvalue weighted by atomic mass is 10.1. The van der Waals surface area contributed by atoms with Crippen LogP contribution in [0.25, 0.3) is 0 Å². The molecule has 0 aliphatic carbocycles. The van der Waals surface area contributed by atoms with Crippen molar-refractivity contribution in [2.24, 2.45) is 0 Å². The second-order valence-corrected chi connectivity index (χ2v) is 2.88. The van der Waals surface area contributed by atoms with E-state index in [2.05, 4.69) is 14.7 Å². The number of esters is 1. The van der Waals surface area contributed by atoms with Gasteiger partial charge in [0.1, 0.15) is 6.33 Å². The van der Waals surface area contributed by atoms with Crippen LogP contribution in [0.1, 0.15) is 11.3 Å². The van der Waals surface area contributed by atoms with Gasteiger partial charge in [0.15, 0.2) is 6.10 Å². The molecule has 1 aromatic rings. The summed E-state index contributed by atoms with van der Waals surface area (Å²) in [5.41, 5.74) is 1.49. The van der Waals surface area contributed by atoms with Crippen molar-refractivity contribution in [3.8, 4) is 0 Å². The molecule has 1 unspecified atom stereocenters. The summed E-state index contributed by atoms with van der Waals surface area (Å²) < 4.78 is 4.39. The van der Waals surface area contributed by atoms with Gasteiger partial charge in [-0.15, -0.1) is 0 Å². The molecule has 5 heteroatoms. The number of aromatic nitrogens is 2. The predicted molar refractivity (Wildman–Crippen MR) is 48.5 cm³/mol. The van der Waals surface area contributed by atoms with E-state index in [-0.39, 0.29) is 6.42 Å².